The number of allylic oxidation sites excluding steroid dienone is 1. The van der Waals surface area contributed by atoms with Crippen LogP contribution in [0.2, 0.25) is 5.02 Å². The zero-order valence-corrected chi connectivity index (χ0v) is 18.6. The average Bonchev–Trinajstić information content (AvgIpc) is 2.73. The molecule has 1 atom stereocenters. The number of halogens is 1. The van der Waals surface area contributed by atoms with Gasteiger partial charge in [-0.15, -0.1) is 0 Å². The van der Waals surface area contributed by atoms with E-state index in [9.17, 15) is 9.59 Å². The molecule has 1 aliphatic heterocycles. The molecule has 1 unspecified atom stereocenters. The molecule has 7 nitrogen and oxygen atoms in total. The van der Waals surface area contributed by atoms with E-state index < -0.39 is 17.9 Å². The van der Waals surface area contributed by atoms with Crippen molar-refractivity contribution in [2.24, 2.45) is 4.99 Å². The molecule has 1 N–H and O–H groups in total. The van der Waals surface area contributed by atoms with Crippen LogP contribution in [0.5, 0.6) is 0 Å². The highest BCUT2D eigenvalue weighted by Crippen LogP contribution is 2.41. The second-order valence-corrected chi connectivity index (χ2v) is 6.84. The van der Waals surface area contributed by atoms with Crippen LogP contribution in [0.4, 0.5) is 0 Å². The van der Waals surface area contributed by atoms with Gasteiger partial charge in [-0.2, -0.15) is 0 Å². The second-order valence-electron chi connectivity index (χ2n) is 6.25. The van der Waals surface area contributed by atoms with Crippen LogP contribution in [0.1, 0.15) is 25.3 Å². The van der Waals surface area contributed by atoms with Crippen molar-refractivity contribution in [3.05, 3.63) is 57.4 Å². The topological polar surface area (TPSA) is 86.2 Å². The predicted molar refractivity (Wildman–Crippen MR) is 116 cm³/mol. The lowest BCUT2D eigenvalue weighted by Gasteiger charge is -2.31. The summed E-state index contributed by atoms with van der Waals surface area (Å²) in [7, 11) is 1.29. The van der Waals surface area contributed by atoms with E-state index in [-0.39, 0.29) is 31.0 Å². The van der Waals surface area contributed by atoms with Crippen LogP contribution in [0, 0.1) is 0 Å². The highest BCUT2D eigenvalue weighted by atomic mass is 35.5. The summed E-state index contributed by atoms with van der Waals surface area (Å²) in [6, 6.07) is 7.03. The molecule has 1 aromatic rings. The summed E-state index contributed by atoms with van der Waals surface area (Å²) >= 11 is 11.0. The number of dihydropyridines is 1. The van der Waals surface area contributed by atoms with E-state index >= 15 is 0 Å². The van der Waals surface area contributed by atoms with Gasteiger partial charge in [0.15, 0.2) is 0 Å². The quantitative estimate of drug-likeness (QED) is 0.267. The van der Waals surface area contributed by atoms with E-state index in [2.05, 4.69) is 27.7 Å². The first-order valence-electron chi connectivity index (χ1n) is 9.28. The standard InChI is InChI=1S/C21H23ClN2O5S/c1-4-29-21(26)19-16(11-28-10-9-23-12-30)24-13(2)17(20(25)27-3)18(19)14-7-5-6-8-15(14)22/h5-8,18,24H,4,9-11H2,1-3H3. The third-order valence-electron chi connectivity index (χ3n) is 4.42. The van der Waals surface area contributed by atoms with Gasteiger partial charge in [0.05, 0.1) is 61.4 Å². The maximum absolute atomic E-state index is 13.0. The number of esters is 2. The Hall–Kier alpha value is -2.51. The monoisotopic (exact) mass is 450 g/mol. The molecule has 0 fully saturated rings. The Labute approximate surface area is 185 Å². The van der Waals surface area contributed by atoms with Crippen LogP contribution in [-0.4, -0.2) is 50.6 Å². The van der Waals surface area contributed by atoms with Gasteiger partial charge in [-0.25, -0.2) is 14.6 Å². The molecule has 0 saturated carbocycles. The molecular formula is C21H23ClN2O5S. The molecule has 0 saturated heterocycles. The van der Waals surface area contributed by atoms with Crippen LogP contribution in [0.15, 0.2) is 51.8 Å². The molecule has 0 radical (unpaired) electrons. The van der Waals surface area contributed by atoms with Crippen LogP contribution in [0.3, 0.4) is 0 Å². The van der Waals surface area contributed by atoms with E-state index in [0.29, 0.717) is 28.5 Å². The van der Waals surface area contributed by atoms with Gasteiger partial charge in [0.1, 0.15) is 0 Å². The van der Waals surface area contributed by atoms with E-state index in [1.54, 1.807) is 38.1 Å². The van der Waals surface area contributed by atoms with Gasteiger partial charge in [0, 0.05) is 10.7 Å². The molecule has 30 heavy (non-hydrogen) atoms. The summed E-state index contributed by atoms with van der Waals surface area (Å²) < 4.78 is 15.9. The highest BCUT2D eigenvalue weighted by Gasteiger charge is 2.39. The predicted octanol–water partition coefficient (Wildman–Crippen LogP) is 3.41. The largest absolute Gasteiger partial charge is 0.466 e. The number of ether oxygens (including phenoxy) is 3. The molecule has 0 spiro atoms. The first-order chi connectivity index (χ1) is 14.5. The number of nitrogens with zero attached hydrogens (tertiary/aromatic N) is 1. The third-order valence-corrected chi connectivity index (χ3v) is 4.89. The summed E-state index contributed by atoms with van der Waals surface area (Å²) in [5, 5.41) is 5.79. The molecule has 160 valence electrons. The summed E-state index contributed by atoms with van der Waals surface area (Å²) in [5.41, 5.74) is 2.13. The highest BCUT2D eigenvalue weighted by molar-refractivity contribution is 7.78. The van der Waals surface area contributed by atoms with Gasteiger partial charge in [-0.1, -0.05) is 29.8 Å². The molecule has 1 heterocycles. The van der Waals surface area contributed by atoms with E-state index in [4.69, 9.17) is 25.8 Å². The minimum atomic E-state index is -0.774. The van der Waals surface area contributed by atoms with Crippen LogP contribution in [0.25, 0.3) is 0 Å². The van der Waals surface area contributed by atoms with Gasteiger partial charge in [0.25, 0.3) is 0 Å². The molecule has 0 aromatic heterocycles. The maximum Gasteiger partial charge on any atom is 0.336 e. The Morgan fingerprint density at radius 3 is 2.63 bits per heavy atom. The Morgan fingerprint density at radius 1 is 1.27 bits per heavy atom. The Morgan fingerprint density at radius 2 is 2.00 bits per heavy atom. The lowest BCUT2D eigenvalue weighted by Crippen LogP contribution is -2.35. The van der Waals surface area contributed by atoms with Crippen molar-refractivity contribution in [1.29, 1.82) is 0 Å². The van der Waals surface area contributed by atoms with Crippen LogP contribution < -0.4 is 5.32 Å². The minimum absolute atomic E-state index is 0.0772. The lowest BCUT2D eigenvalue weighted by atomic mass is 9.80. The minimum Gasteiger partial charge on any atom is -0.466 e. The molecular weight excluding hydrogens is 428 g/mol. The van der Waals surface area contributed by atoms with Crippen molar-refractivity contribution in [3.8, 4) is 0 Å². The van der Waals surface area contributed by atoms with Crippen molar-refractivity contribution < 1.29 is 23.8 Å². The molecule has 0 bridgehead atoms. The summed E-state index contributed by atoms with van der Waals surface area (Å²) in [6.45, 7) is 4.32. The molecule has 9 heteroatoms. The zero-order chi connectivity index (χ0) is 22.1. The van der Waals surface area contributed by atoms with Crippen LogP contribution in [-0.2, 0) is 23.8 Å². The third kappa shape index (κ3) is 5.55. The van der Waals surface area contributed by atoms with Gasteiger partial charge in [-0.05, 0) is 37.7 Å². The number of carbonyl (C=O) groups excluding carboxylic acids is 2. The molecule has 0 aliphatic carbocycles. The van der Waals surface area contributed by atoms with Crippen molar-refractivity contribution in [1.82, 2.24) is 5.32 Å². The van der Waals surface area contributed by atoms with Crippen LogP contribution >= 0.6 is 23.8 Å². The zero-order valence-electron chi connectivity index (χ0n) is 17.0. The molecule has 1 aromatic carbocycles. The number of benzene rings is 1. The second kappa shape index (κ2) is 11.6. The Bertz CT molecular complexity index is 922. The smallest absolute Gasteiger partial charge is 0.336 e. The van der Waals surface area contributed by atoms with Gasteiger partial charge >= 0.3 is 11.9 Å². The number of nitrogens with one attached hydrogen (secondary N) is 1. The number of methoxy groups -OCH3 is 1. The fourth-order valence-corrected chi connectivity index (χ4v) is 3.53. The molecule has 1 aliphatic rings. The Balaban J connectivity index is 2.59. The summed E-state index contributed by atoms with van der Waals surface area (Å²) in [6.07, 6.45) is 0. The van der Waals surface area contributed by atoms with Crippen molar-refractivity contribution in [2.45, 2.75) is 19.8 Å². The van der Waals surface area contributed by atoms with Gasteiger partial charge in [-0.3, -0.25) is 0 Å². The Kier molecular flexibility index (Phi) is 9.20. The van der Waals surface area contributed by atoms with Crippen molar-refractivity contribution in [2.75, 3.05) is 33.5 Å². The first-order valence-corrected chi connectivity index (χ1v) is 10.1. The first kappa shape index (κ1) is 23.8. The molecule has 2 rings (SSSR count). The maximum atomic E-state index is 13.0. The number of thiocarbonyl (C=S) groups is 1. The van der Waals surface area contributed by atoms with Gasteiger partial charge < -0.3 is 19.5 Å². The van der Waals surface area contributed by atoms with E-state index in [0.717, 1.165) is 0 Å². The van der Waals surface area contributed by atoms with Gasteiger partial charge in [0.2, 0.25) is 0 Å². The normalized spacial score (nSPS) is 15.9. The number of rotatable bonds is 9. The lowest BCUT2D eigenvalue weighted by molar-refractivity contribution is -0.139. The number of aliphatic imine (C=N–C) groups is 1. The fraction of sp³-hybridized carbons (Fsp3) is 0.381. The molecule has 0 amide bonds. The number of carbonyl (C=O) groups is 2. The van der Waals surface area contributed by atoms with Crippen molar-refractivity contribution in [3.63, 3.8) is 0 Å². The number of hydrogen-bond acceptors (Lipinski definition) is 8. The average molecular weight is 451 g/mol. The van der Waals surface area contributed by atoms with Crippen molar-refractivity contribution >= 4 is 40.9 Å². The fourth-order valence-electron chi connectivity index (χ4n) is 3.19. The summed E-state index contributed by atoms with van der Waals surface area (Å²) in [5.74, 6) is -1.91. The summed E-state index contributed by atoms with van der Waals surface area (Å²) in [4.78, 5) is 29.4. The van der Waals surface area contributed by atoms with E-state index in [1.165, 1.54) is 7.11 Å². The number of hydrogen-bond donors (Lipinski definition) is 1. The van der Waals surface area contributed by atoms with E-state index in [1.807, 2.05) is 0 Å². The SMILES string of the molecule is CCOC(=O)C1=C(COCCN=C=S)NC(C)=C(C(=O)OC)C1c1ccccc1Cl. The number of isothiocyanates is 1.